The van der Waals surface area contributed by atoms with Crippen molar-refractivity contribution in [2.75, 3.05) is 6.54 Å². The predicted octanol–water partition coefficient (Wildman–Crippen LogP) is 4.23. The summed E-state index contributed by atoms with van der Waals surface area (Å²) in [6, 6.07) is 22.2. The monoisotopic (exact) mass is 573 g/mol. The average molecular weight is 574 g/mol. The topological polar surface area (TPSA) is 104 Å². The third kappa shape index (κ3) is 6.35. The molecule has 0 bridgehead atoms. The third-order valence-corrected chi connectivity index (χ3v) is 9.64. The summed E-state index contributed by atoms with van der Waals surface area (Å²) < 4.78 is 27.2. The van der Waals surface area contributed by atoms with E-state index in [2.05, 4.69) is 5.32 Å². The molecule has 0 radical (unpaired) electrons. The molecule has 41 heavy (non-hydrogen) atoms. The van der Waals surface area contributed by atoms with Crippen molar-refractivity contribution in [2.24, 2.45) is 0 Å². The first-order chi connectivity index (χ1) is 19.7. The number of benzene rings is 3. The van der Waals surface area contributed by atoms with E-state index in [0.717, 1.165) is 48.8 Å². The van der Waals surface area contributed by atoms with Gasteiger partial charge in [-0.25, -0.2) is 12.7 Å². The minimum Gasteiger partial charge on any atom is -0.352 e. The maximum atomic E-state index is 14.1. The van der Waals surface area contributed by atoms with Gasteiger partial charge in [-0.2, -0.15) is 0 Å². The molecular weight excluding hydrogens is 538 g/mol. The number of hydrogen-bond acceptors (Lipinski definition) is 5. The Morgan fingerprint density at radius 2 is 1.61 bits per heavy atom. The lowest BCUT2D eigenvalue weighted by atomic mass is 9.94. The van der Waals surface area contributed by atoms with E-state index < -0.39 is 34.4 Å². The Bertz CT molecular complexity index is 1530. The van der Waals surface area contributed by atoms with Gasteiger partial charge in [0.25, 0.3) is 15.9 Å². The molecule has 1 fully saturated rings. The Hall–Kier alpha value is -3.98. The van der Waals surface area contributed by atoms with Crippen LogP contribution in [0.3, 0.4) is 0 Å². The minimum absolute atomic E-state index is 0.0282. The Morgan fingerprint density at radius 3 is 2.32 bits per heavy atom. The van der Waals surface area contributed by atoms with Crippen LogP contribution in [0.4, 0.5) is 0 Å². The molecule has 9 heteroatoms. The average Bonchev–Trinajstić information content (AvgIpc) is 3.16. The first-order valence-electron chi connectivity index (χ1n) is 14.1. The Morgan fingerprint density at radius 1 is 0.927 bits per heavy atom. The van der Waals surface area contributed by atoms with E-state index in [1.165, 1.54) is 17.0 Å². The van der Waals surface area contributed by atoms with Crippen LogP contribution in [-0.4, -0.2) is 54.0 Å². The summed E-state index contributed by atoms with van der Waals surface area (Å²) in [4.78, 5) is 42.5. The van der Waals surface area contributed by atoms with Gasteiger partial charge < -0.3 is 10.2 Å². The molecule has 1 aliphatic carbocycles. The zero-order valence-electron chi connectivity index (χ0n) is 23.2. The van der Waals surface area contributed by atoms with Gasteiger partial charge in [0.2, 0.25) is 11.8 Å². The fourth-order valence-corrected chi connectivity index (χ4v) is 7.22. The van der Waals surface area contributed by atoms with Crippen LogP contribution in [0.2, 0.25) is 0 Å². The highest BCUT2D eigenvalue weighted by Gasteiger charge is 2.43. The van der Waals surface area contributed by atoms with Crippen LogP contribution in [0.1, 0.15) is 59.2 Å². The number of aryl methyl sites for hydroxylation is 1. The second-order valence-corrected chi connectivity index (χ2v) is 12.7. The molecule has 1 heterocycles. The molecule has 0 saturated heterocycles. The Kier molecular flexibility index (Phi) is 8.54. The van der Waals surface area contributed by atoms with Crippen LogP contribution >= 0.6 is 0 Å². The van der Waals surface area contributed by atoms with Crippen molar-refractivity contribution < 1.29 is 22.8 Å². The molecule has 0 unspecified atom stereocenters. The van der Waals surface area contributed by atoms with Gasteiger partial charge >= 0.3 is 0 Å². The maximum absolute atomic E-state index is 14.1. The molecule has 3 aromatic rings. The molecule has 1 N–H and O–H groups in total. The van der Waals surface area contributed by atoms with Crippen molar-refractivity contribution in [1.82, 2.24) is 14.5 Å². The van der Waals surface area contributed by atoms with E-state index in [0.29, 0.717) is 4.31 Å². The molecular formula is C32H35N3O5S. The highest BCUT2D eigenvalue weighted by molar-refractivity contribution is 7.90. The zero-order chi connectivity index (χ0) is 29.0. The summed E-state index contributed by atoms with van der Waals surface area (Å²) in [5.41, 5.74) is 2.71. The summed E-state index contributed by atoms with van der Waals surface area (Å²) in [7, 11) is -4.20. The molecule has 1 aliphatic heterocycles. The molecule has 5 rings (SSSR count). The highest BCUT2D eigenvalue weighted by Crippen LogP contribution is 2.30. The predicted molar refractivity (Wildman–Crippen MR) is 155 cm³/mol. The van der Waals surface area contributed by atoms with Crippen molar-refractivity contribution in [3.63, 3.8) is 0 Å². The number of nitrogens with one attached hydrogen (secondary N) is 1. The molecule has 1 atom stereocenters. The van der Waals surface area contributed by atoms with Gasteiger partial charge in [0.15, 0.2) is 0 Å². The molecule has 8 nitrogen and oxygen atoms in total. The summed E-state index contributed by atoms with van der Waals surface area (Å²) in [5.74, 6) is -1.63. The quantitative estimate of drug-likeness (QED) is 0.413. The number of hydrogen-bond donors (Lipinski definition) is 1. The molecule has 0 aromatic heterocycles. The van der Waals surface area contributed by atoms with Gasteiger partial charge in [-0.05, 0) is 43.0 Å². The highest BCUT2D eigenvalue weighted by atomic mass is 32.2. The lowest BCUT2D eigenvalue weighted by Crippen LogP contribution is -2.55. The summed E-state index contributed by atoms with van der Waals surface area (Å²) in [5, 5.41) is 3.17. The second-order valence-electron chi connectivity index (χ2n) is 10.9. The van der Waals surface area contributed by atoms with E-state index in [1.54, 1.807) is 12.1 Å². The number of carbonyl (C=O) groups excluding carboxylic acids is 3. The van der Waals surface area contributed by atoms with Crippen molar-refractivity contribution in [3.8, 4) is 0 Å². The van der Waals surface area contributed by atoms with Crippen molar-refractivity contribution in [2.45, 2.75) is 69.0 Å². The molecule has 214 valence electrons. The van der Waals surface area contributed by atoms with Crippen molar-refractivity contribution in [1.29, 1.82) is 0 Å². The van der Waals surface area contributed by atoms with E-state index in [-0.39, 0.29) is 35.4 Å². The number of rotatable bonds is 9. The van der Waals surface area contributed by atoms with Gasteiger partial charge in [0.1, 0.15) is 17.5 Å². The minimum atomic E-state index is -4.20. The molecule has 2 aliphatic rings. The molecule has 0 spiro atoms. The maximum Gasteiger partial charge on any atom is 0.269 e. The molecule has 1 saturated carbocycles. The summed E-state index contributed by atoms with van der Waals surface area (Å²) in [6.45, 7) is 1.34. The fraction of sp³-hybridized carbons (Fsp3) is 0.344. The van der Waals surface area contributed by atoms with Crippen LogP contribution in [-0.2, 0) is 32.6 Å². The number of sulfonamides is 1. The van der Waals surface area contributed by atoms with Gasteiger partial charge in [-0.15, -0.1) is 0 Å². The number of amides is 3. The van der Waals surface area contributed by atoms with Crippen LogP contribution in [0.5, 0.6) is 0 Å². The number of fused-ring (bicyclic) bond motifs is 1. The van der Waals surface area contributed by atoms with E-state index >= 15 is 0 Å². The van der Waals surface area contributed by atoms with Crippen LogP contribution in [0.25, 0.3) is 0 Å². The van der Waals surface area contributed by atoms with Gasteiger partial charge in [-0.3, -0.25) is 14.4 Å². The van der Waals surface area contributed by atoms with Crippen LogP contribution in [0, 0.1) is 6.92 Å². The van der Waals surface area contributed by atoms with E-state index in [1.807, 2.05) is 61.5 Å². The molecule has 3 aromatic carbocycles. The standard InChI is InChI=1S/C32H35N3O5S/c1-23-11-10-14-25(19-23)21-34(30(36)22-35-32(38)27-17-8-9-18-29(27)41(35,39)40)28(20-24-12-4-2-5-13-24)31(37)33-26-15-6-3-7-16-26/h2,4-5,8-14,17-19,26,28H,3,6-7,15-16,20-22H2,1H3,(H,33,37)/t28-/m0/s1. The third-order valence-electron chi connectivity index (χ3n) is 7.85. The van der Waals surface area contributed by atoms with Crippen molar-refractivity contribution in [3.05, 3.63) is 101 Å². The smallest absolute Gasteiger partial charge is 0.269 e. The summed E-state index contributed by atoms with van der Waals surface area (Å²) >= 11 is 0. The second kappa shape index (κ2) is 12.3. The van der Waals surface area contributed by atoms with Gasteiger partial charge in [0, 0.05) is 19.0 Å². The lowest BCUT2D eigenvalue weighted by molar-refractivity contribution is -0.141. The lowest BCUT2D eigenvalue weighted by Gasteiger charge is -2.34. The van der Waals surface area contributed by atoms with E-state index in [4.69, 9.17) is 0 Å². The van der Waals surface area contributed by atoms with Gasteiger partial charge in [-0.1, -0.05) is 91.6 Å². The normalized spacial score (nSPS) is 17.1. The van der Waals surface area contributed by atoms with Crippen LogP contribution in [0.15, 0.2) is 83.8 Å². The first kappa shape index (κ1) is 28.5. The Balaban J connectivity index is 1.49. The zero-order valence-corrected chi connectivity index (χ0v) is 24.0. The van der Waals surface area contributed by atoms with Crippen molar-refractivity contribution >= 4 is 27.7 Å². The van der Waals surface area contributed by atoms with Crippen LogP contribution < -0.4 is 5.32 Å². The number of carbonyl (C=O) groups is 3. The Labute approximate surface area is 241 Å². The fourth-order valence-electron chi connectivity index (χ4n) is 5.71. The number of nitrogens with zero attached hydrogens (tertiary/aromatic N) is 2. The SMILES string of the molecule is Cc1cccc(CN(C(=O)CN2C(=O)c3ccccc3S2(=O)=O)[C@@H](Cc2ccccc2)C(=O)NC2CCCCC2)c1. The van der Waals surface area contributed by atoms with E-state index in [9.17, 15) is 22.8 Å². The molecule has 3 amide bonds. The summed E-state index contributed by atoms with van der Waals surface area (Å²) in [6.07, 6.45) is 5.23. The largest absolute Gasteiger partial charge is 0.352 e. The first-order valence-corrected chi connectivity index (χ1v) is 15.5. The van der Waals surface area contributed by atoms with Gasteiger partial charge in [0.05, 0.1) is 5.56 Å².